The smallest absolute Gasteiger partial charge is 0.277 e. The molecule has 2 aromatic rings. The maximum atomic E-state index is 11.7. The van der Waals surface area contributed by atoms with Crippen molar-refractivity contribution in [3.63, 3.8) is 0 Å². The van der Waals surface area contributed by atoms with E-state index in [4.69, 9.17) is 0 Å². The van der Waals surface area contributed by atoms with E-state index in [1.54, 1.807) is 23.2 Å². The van der Waals surface area contributed by atoms with Crippen molar-refractivity contribution in [2.45, 2.75) is 19.9 Å². The lowest BCUT2D eigenvalue weighted by Crippen LogP contribution is -2.20. The Bertz CT molecular complexity index is 469. The standard InChI is InChI=1S/C9H11N3O/c1-2-5-12-6-11-7-3-4-10-8(7)9(12)13/h3-4,6,10H,2,5H2,1H3. The van der Waals surface area contributed by atoms with Gasteiger partial charge in [-0.2, -0.15) is 0 Å². The van der Waals surface area contributed by atoms with E-state index in [0.717, 1.165) is 18.5 Å². The molecule has 0 saturated heterocycles. The average molecular weight is 177 g/mol. The van der Waals surface area contributed by atoms with Gasteiger partial charge in [0.2, 0.25) is 0 Å². The molecule has 0 spiro atoms. The van der Waals surface area contributed by atoms with Crippen LogP contribution in [0.3, 0.4) is 0 Å². The van der Waals surface area contributed by atoms with Crippen LogP contribution in [0.5, 0.6) is 0 Å². The Hall–Kier alpha value is -1.58. The highest BCUT2D eigenvalue weighted by molar-refractivity contribution is 5.73. The summed E-state index contributed by atoms with van der Waals surface area (Å²) in [4.78, 5) is 18.7. The number of aryl methyl sites for hydroxylation is 1. The molecule has 0 unspecified atom stereocenters. The van der Waals surface area contributed by atoms with Gasteiger partial charge in [-0.05, 0) is 12.5 Å². The maximum Gasteiger partial charge on any atom is 0.277 e. The topological polar surface area (TPSA) is 50.7 Å². The minimum Gasteiger partial charge on any atom is -0.355 e. The van der Waals surface area contributed by atoms with Crippen LogP contribution in [0.15, 0.2) is 23.4 Å². The van der Waals surface area contributed by atoms with Crippen molar-refractivity contribution in [3.05, 3.63) is 28.9 Å². The van der Waals surface area contributed by atoms with Crippen molar-refractivity contribution >= 4 is 11.0 Å². The lowest BCUT2D eigenvalue weighted by molar-refractivity contribution is 0.647. The molecule has 0 amide bonds. The minimum atomic E-state index is 0.0110. The fourth-order valence-corrected chi connectivity index (χ4v) is 1.37. The number of aromatic nitrogens is 3. The van der Waals surface area contributed by atoms with Gasteiger partial charge < -0.3 is 4.98 Å². The number of nitrogens with one attached hydrogen (secondary N) is 1. The zero-order valence-corrected chi connectivity index (χ0v) is 7.45. The van der Waals surface area contributed by atoms with Gasteiger partial charge >= 0.3 is 0 Å². The summed E-state index contributed by atoms with van der Waals surface area (Å²) in [7, 11) is 0. The Kier molecular flexibility index (Phi) is 1.88. The van der Waals surface area contributed by atoms with Gasteiger partial charge in [0, 0.05) is 12.7 Å². The molecule has 0 bridgehead atoms. The van der Waals surface area contributed by atoms with Crippen LogP contribution in [0.1, 0.15) is 13.3 Å². The second-order valence-electron chi connectivity index (χ2n) is 2.98. The van der Waals surface area contributed by atoms with Crippen LogP contribution in [-0.2, 0) is 6.54 Å². The Morgan fingerprint density at radius 1 is 1.62 bits per heavy atom. The van der Waals surface area contributed by atoms with Crippen molar-refractivity contribution in [2.75, 3.05) is 0 Å². The SMILES string of the molecule is CCCn1cnc2cc[nH]c2c1=O. The van der Waals surface area contributed by atoms with Crippen LogP contribution < -0.4 is 5.56 Å². The van der Waals surface area contributed by atoms with Crippen molar-refractivity contribution in [1.82, 2.24) is 14.5 Å². The number of aromatic amines is 1. The fraction of sp³-hybridized carbons (Fsp3) is 0.333. The van der Waals surface area contributed by atoms with Crippen LogP contribution in [0.4, 0.5) is 0 Å². The Balaban J connectivity index is 2.67. The first-order chi connectivity index (χ1) is 6.33. The third-order valence-electron chi connectivity index (χ3n) is 2.00. The van der Waals surface area contributed by atoms with Gasteiger partial charge in [-0.15, -0.1) is 0 Å². The highest BCUT2D eigenvalue weighted by atomic mass is 16.1. The summed E-state index contributed by atoms with van der Waals surface area (Å²) in [5.41, 5.74) is 1.34. The summed E-state index contributed by atoms with van der Waals surface area (Å²) in [6.45, 7) is 2.76. The van der Waals surface area contributed by atoms with Crippen molar-refractivity contribution in [3.8, 4) is 0 Å². The third-order valence-corrected chi connectivity index (χ3v) is 2.00. The number of hydrogen-bond donors (Lipinski definition) is 1. The van der Waals surface area contributed by atoms with E-state index in [-0.39, 0.29) is 5.56 Å². The largest absolute Gasteiger partial charge is 0.355 e. The van der Waals surface area contributed by atoms with Crippen molar-refractivity contribution in [2.24, 2.45) is 0 Å². The van der Waals surface area contributed by atoms with Gasteiger partial charge in [-0.3, -0.25) is 9.36 Å². The van der Waals surface area contributed by atoms with Crippen LogP contribution in [0.2, 0.25) is 0 Å². The Labute approximate surface area is 75.2 Å². The summed E-state index contributed by atoms with van der Waals surface area (Å²) >= 11 is 0. The fourth-order valence-electron chi connectivity index (χ4n) is 1.37. The van der Waals surface area contributed by atoms with Gasteiger partial charge in [0.05, 0.1) is 11.8 Å². The van der Waals surface area contributed by atoms with Crippen LogP contribution >= 0.6 is 0 Å². The van der Waals surface area contributed by atoms with E-state index in [1.807, 2.05) is 6.92 Å². The molecule has 4 nitrogen and oxygen atoms in total. The molecule has 4 heteroatoms. The summed E-state index contributed by atoms with van der Waals surface area (Å²) in [6.07, 6.45) is 4.27. The summed E-state index contributed by atoms with van der Waals surface area (Å²) in [6, 6.07) is 1.80. The molecular weight excluding hydrogens is 166 g/mol. The van der Waals surface area contributed by atoms with Gasteiger partial charge in [-0.1, -0.05) is 6.92 Å². The van der Waals surface area contributed by atoms with Crippen LogP contribution in [-0.4, -0.2) is 14.5 Å². The minimum absolute atomic E-state index is 0.0110. The summed E-state index contributed by atoms with van der Waals surface area (Å²) in [5.74, 6) is 0. The highest BCUT2D eigenvalue weighted by Crippen LogP contribution is 2.01. The predicted octanol–water partition coefficient (Wildman–Crippen LogP) is 1.13. The van der Waals surface area contributed by atoms with E-state index < -0.39 is 0 Å². The van der Waals surface area contributed by atoms with Gasteiger partial charge in [-0.25, -0.2) is 4.98 Å². The first-order valence-electron chi connectivity index (χ1n) is 4.35. The molecule has 0 atom stereocenters. The number of hydrogen-bond acceptors (Lipinski definition) is 2. The molecule has 68 valence electrons. The average Bonchev–Trinajstić information content (AvgIpc) is 2.58. The van der Waals surface area contributed by atoms with E-state index in [2.05, 4.69) is 9.97 Å². The van der Waals surface area contributed by atoms with Crippen molar-refractivity contribution in [1.29, 1.82) is 0 Å². The Morgan fingerprint density at radius 3 is 3.23 bits per heavy atom. The molecule has 0 aromatic carbocycles. The number of nitrogens with zero attached hydrogens (tertiary/aromatic N) is 2. The Morgan fingerprint density at radius 2 is 2.46 bits per heavy atom. The van der Waals surface area contributed by atoms with Gasteiger partial charge in [0.15, 0.2) is 0 Å². The van der Waals surface area contributed by atoms with E-state index in [1.165, 1.54) is 0 Å². The molecule has 0 aliphatic rings. The third kappa shape index (κ3) is 1.24. The molecule has 1 N–H and O–H groups in total. The molecule has 2 rings (SSSR count). The quantitative estimate of drug-likeness (QED) is 0.747. The monoisotopic (exact) mass is 177 g/mol. The summed E-state index contributed by atoms with van der Waals surface area (Å²) < 4.78 is 1.62. The molecule has 13 heavy (non-hydrogen) atoms. The number of H-pyrrole nitrogens is 1. The van der Waals surface area contributed by atoms with Crippen molar-refractivity contribution < 1.29 is 0 Å². The highest BCUT2D eigenvalue weighted by Gasteiger charge is 2.02. The zero-order valence-electron chi connectivity index (χ0n) is 7.45. The molecule has 0 aliphatic carbocycles. The van der Waals surface area contributed by atoms with E-state index >= 15 is 0 Å². The predicted molar refractivity (Wildman–Crippen MR) is 50.6 cm³/mol. The maximum absolute atomic E-state index is 11.7. The molecule has 0 saturated carbocycles. The molecule has 2 heterocycles. The number of rotatable bonds is 2. The lowest BCUT2D eigenvalue weighted by atomic mass is 10.4. The molecule has 0 aliphatic heterocycles. The first-order valence-corrected chi connectivity index (χ1v) is 4.35. The second-order valence-corrected chi connectivity index (χ2v) is 2.98. The molecule has 2 aromatic heterocycles. The van der Waals surface area contributed by atoms with E-state index in [0.29, 0.717) is 5.52 Å². The van der Waals surface area contributed by atoms with E-state index in [9.17, 15) is 4.79 Å². The summed E-state index contributed by atoms with van der Waals surface area (Å²) in [5, 5.41) is 0. The van der Waals surface area contributed by atoms with Crippen LogP contribution in [0.25, 0.3) is 11.0 Å². The molecular formula is C9H11N3O. The van der Waals surface area contributed by atoms with Gasteiger partial charge in [0.25, 0.3) is 5.56 Å². The first kappa shape index (κ1) is 8.04. The van der Waals surface area contributed by atoms with Crippen LogP contribution in [0, 0.1) is 0 Å². The second kappa shape index (κ2) is 3.05. The molecule has 0 radical (unpaired) electrons. The zero-order chi connectivity index (χ0) is 9.26. The lowest BCUT2D eigenvalue weighted by Gasteiger charge is -2.01. The number of fused-ring (bicyclic) bond motifs is 1. The normalized spacial score (nSPS) is 10.8. The van der Waals surface area contributed by atoms with Gasteiger partial charge in [0.1, 0.15) is 5.52 Å². The molecule has 0 fully saturated rings.